The number of hydrogen-bond donors (Lipinski definition) is 1. The standard InChI is InChI=1S/C8H12IN3/c1-3-4-10-8-7(9)5-11-6(2)12-8/h5H,3-4H2,1-2H3,(H,10,11,12). The largest absolute Gasteiger partial charge is 0.369 e. The van der Waals surface area contributed by atoms with Crippen molar-refractivity contribution in [2.24, 2.45) is 0 Å². The molecular formula is C8H12IN3. The first-order chi connectivity index (χ1) is 5.74. The van der Waals surface area contributed by atoms with Crippen molar-refractivity contribution in [1.29, 1.82) is 0 Å². The van der Waals surface area contributed by atoms with Crippen LogP contribution in [0.1, 0.15) is 19.2 Å². The van der Waals surface area contributed by atoms with Crippen LogP contribution in [0.15, 0.2) is 6.20 Å². The minimum absolute atomic E-state index is 0.814. The smallest absolute Gasteiger partial charge is 0.143 e. The lowest BCUT2D eigenvalue weighted by Crippen LogP contribution is -2.05. The Hall–Kier alpha value is -0.390. The zero-order chi connectivity index (χ0) is 8.97. The second-order valence-electron chi connectivity index (χ2n) is 2.54. The van der Waals surface area contributed by atoms with E-state index >= 15 is 0 Å². The lowest BCUT2D eigenvalue weighted by molar-refractivity contribution is 0.949. The highest BCUT2D eigenvalue weighted by Gasteiger charge is 2.00. The van der Waals surface area contributed by atoms with Gasteiger partial charge < -0.3 is 5.32 Å². The molecule has 0 aliphatic rings. The number of aromatic nitrogens is 2. The van der Waals surface area contributed by atoms with Crippen LogP contribution in [-0.4, -0.2) is 16.5 Å². The summed E-state index contributed by atoms with van der Waals surface area (Å²) in [5.74, 6) is 1.76. The van der Waals surface area contributed by atoms with E-state index < -0.39 is 0 Å². The van der Waals surface area contributed by atoms with Crippen LogP contribution in [-0.2, 0) is 0 Å². The molecule has 0 unspecified atom stereocenters. The fourth-order valence-corrected chi connectivity index (χ4v) is 1.27. The average molecular weight is 277 g/mol. The normalized spacial score (nSPS) is 9.92. The Kier molecular flexibility index (Phi) is 3.71. The SMILES string of the molecule is CCCNc1nc(C)ncc1I. The Morgan fingerprint density at radius 2 is 2.33 bits per heavy atom. The first-order valence-corrected chi connectivity index (χ1v) is 5.05. The molecule has 0 bridgehead atoms. The molecule has 0 aliphatic heterocycles. The topological polar surface area (TPSA) is 37.8 Å². The number of halogens is 1. The van der Waals surface area contributed by atoms with Crippen molar-refractivity contribution in [2.45, 2.75) is 20.3 Å². The van der Waals surface area contributed by atoms with Gasteiger partial charge in [-0.15, -0.1) is 0 Å². The van der Waals surface area contributed by atoms with E-state index in [1.54, 1.807) is 0 Å². The molecule has 0 atom stereocenters. The van der Waals surface area contributed by atoms with Gasteiger partial charge in [0.1, 0.15) is 11.6 Å². The first-order valence-electron chi connectivity index (χ1n) is 3.97. The van der Waals surface area contributed by atoms with Crippen molar-refractivity contribution < 1.29 is 0 Å². The molecule has 0 radical (unpaired) electrons. The molecule has 1 N–H and O–H groups in total. The highest BCUT2D eigenvalue weighted by molar-refractivity contribution is 14.1. The molecule has 1 heterocycles. The number of nitrogens with one attached hydrogen (secondary N) is 1. The lowest BCUT2D eigenvalue weighted by Gasteiger charge is -2.05. The van der Waals surface area contributed by atoms with E-state index in [1.165, 1.54) is 0 Å². The monoisotopic (exact) mass is 277 g/mol. The summed E-state index contributed by atoms with van der Waals surface area (Å²) in [6.07, 6.45) is 2.94. The minimum atomic E-state index is 0.814. The summed E-state index contributed by atoms with van der Waals surface area (Å²) in [7, 11) is 0. The molecule has 1 rings (SSSR count). The molecule has 0 spiro atoms. The molecule has 3 nitrogen and oxygen atoms in total. The van der Waals surface area contributed by atoms with Gasteiger partial charge in [-0.3, -0.25) is 0 Å². The molecule has 12 heavy (non-hydrogen) atoms. The summed E-state index contributed by atoms with van der Waals surface area (Å²) < 4.78 is 1.08. The molecule has 4 heteroatoms. The van der Waals surface area contributed by atoms with Crippen molar-refractivity contribution in [3.8, 4) is 0 Å². The van der Waals surface area contributed by atoms with E-state index in [0.29, 0.717) is 0 Å². The molecule has 1 aromatic rings. The second kappa shape index (κ2) is 4.59. The number of aryl methyl sites for hydroxylation is 1. The average Bonchev–Trinajstić information content (AvgIpc) is 2.07. The third kappa shape index (κ3) is 2.58. The van der Waals surface area contributed by atoms with E-state index in [-0.39, 0.29) is 0 Å². The number of anilines is 1. The Labute approximate surface area is 86.1 Å². The Bertz CT molecular complexity index is 262. The van der Waals surface area contributed by atoms with E-state index in [4.69, 9.17) is 0 Å². The highest BCUT2D eigenvalue weighted by Crippen LogP contribution is 2.13. The van der Waals surface area contributed by atoms with Crippen LogP contribution in [0.3, 0.4) is 0 Å². The van der Waals surface area contributed by atoms with Gasteiger partial charge in [-0.25, -0.2) is 9.97 Å². The molecule has 66 valence electrons. The minimum Gasteiger partial charge on any atom is -0.369 e. The summed E-state index contributed by atoms with van der Waals surface area (Å²) in [6.45, 7) is 4.99. The van der Waals surface area contributed by atoms with Crippen LogP contribution in [0, 0.1) is 10.5 Å². The maximum absolute atomic E-state index is 4.28. The molecule has 0 aliphatic carbocycles. The predicted molar refractivity (Wildman–Crippen MR) is 58.3 cm³/mol. The van der Waals surface area contributed by atoms with Gasteiger partial charge >= 0.3 is 0 Å². The van der Waals surface area contributed by atoms with E-state index in [1.807, 2.05) is 13.1 Å². The zero-order valence-corrected chi connectivity index (χ0v) is 9.42. The van der Waals surface area contributed by atoms with Gasteiger partial charge in [0.25, 0.3) is 0 Å². The van der Waals surface area contributed by atoms with Crippen LogP contribution >= 0.6 is 22.6 Å². The summed E-state index contributed by atoms with van der Waals surface area (Å²) in [5, 5.41) is 3.24. The summed E-state index contributed by atoms with van der Waals surface area (Å²) >= 11 is 2.23. The molecular weight excluding hydrogens is 265 g/mol. The van der Waals surface area contributed by atoms with Crippen LogP contribution in [0.4, 0.5) is 5.82 Å². The van der Waals surface area contributed by atoms with Gasteiger partial charge in [0, 0.05) is 12.7 Å². The molecule has 0 amide bonds. The maximum Gasteiger partial charge on any atom is 0.143 e. The molecule has 1 aromatic heterocycles. The number of hydrogen-bond acceptors (Lipinski definition) is 3. The fourth-order valence-electron chi connectivity index (χ4n) is 0.823. The quantitative estimate of drug-likeness (QED) is 0.861. The van der Waals surface area contributed by atoms with Crippen molar-refractivity contribution in [1.82, 2.24) is 9.97 Å². The maximum atomic E-state index is 4.28. The third-order valence-electron chi connectivity index (χ3n) is 1.41. The van der Waals surface area contributed by atoms with E-state index in [2.05, 4.69) is 44.8 Å². The second-order valence-corrected chi connectivity index (χ2v) is 3.70. The van der Waals surface area contributed by atoms with E-state index in [9.17, 15) is 0 Å². The van der Waals surface area contributed by atoms with Crippen molar-refractivity contribution >= 4 is 28.4 Å². The highest BCUT2D eigenvalue weighted by atomic mass is 127. The van der Waals surface area contributed by atoms with Crippen LogP contribution in [0.2, 0.25) is 0 Å². The van der Waals surface area contributed by atoms with Gasteiger partial charge in [-0.2, -0.15) is 0 Å². The van der Waals surface area contributed by atoms with Crippen molar-refractivity contribution in [3.05, 3.63) is 15.6 Å². The van der Waals surface area contributed by atoms with E-state index in [0.717, 1.165) is 28.2 Å². The predicted octanol–water partition coefficient (Wildman–Crippen LogP) is 2.21. The molecule has 0 fully saturated rings. The van der Waals surface area contributed by atoms with Gasteiger partial charge in [-0.05, 0) is 35.9 Å². The summed E-state index contributed by atoms with van der Waals surface area (Å²) in [4.78, 5) is 8.37. The van der Waals surface area contributed by atoms with Gasteiger partial charge in [-0.1, -0.05) is 6.92 Å². The van der Waals surface area contributed by atoms with Crippen molar-refractivity contribution in [2.75, 3.05) is 11.9 Å². The molecule has 0 saturated carbocycles. The van der Waals surface area contributed by atoms with Crippen molar-refractivity contribution in [3.63, 3.8) is 0 Å². The molecule has 0 aromatic carbocycles. The van der Waals surface area contributed by atoms with Gasteiger partial charge in [0.15, 0.2) is 0 Å². The third-order valence-corrected chi connectivity index (χ3v) is 2.20. The fraction of sp³-hybridized carbons (Fsp3) is 0.500. The van der Waals surface area contributed by atoms with Gasteiger partial charge in [0.2, 0.25) is 0 Å². The zero-order valence-electron chi connectivity index (χ0n) is 7.26. The summed E-state index contributed by atoms with van der Waals surface area (Å²) in [5.41, 5.74) is 0. The Balaban J connectivity index is 2.75. The Morgan fingerprint density at radius 1 is 1.58 bits per heavy atom. The van der Waals surface area contributed by atoms with Crippen LogP contribution < -0.4 is 5.32 Å². The van der Waals surface area contributed by atoms with Crippen LogP contribution in [0.25, 0.3) is 0 Å². The Morgan fingerprint density at radius 3 is 3.00 bits per heavy atom. The number of rotatable bonds is 3. The lowest BCUT2D eigenvalue weighted by atomic mass is 10.4. The first kappa shape index (κ1) is 9.70. The molecule has 0 saturated heterocycles. The van der Waals surface area contributed by atoms with Crippen LogP contribution in [0.5, 0.6) is 0 Å². The number of nitrogens with zero attached hydrogens (tertiary/aromatic N) is 2. The summed E-state index contributed by atoms with van der Waals surface area (Å²) in [6, 6.07) is 0. The van der Waals surface area contributed by atoms with Gasteiger partial charge in [0.05, 0.1) is 3.57 Å².